The molecule has 30 heavy (non-hydrogen) atoms. The van der Waals surface area contributed by atoms with Gasteiger partial charge in [0.2, 0.25) is 5.91 Å². The molecule has 1 fully saturated rings. The first-order chi connectivity index (χ1) is 14.1. The van der Waals surface area contributed by atoms with Crippen molar-refractivity contribution in [2.24, 2.45) is 5.73 Å². The number of carbonyl (C=O) groups is 2. The lowest BCUT2D eigenvalue weighted by Gasteiger charge is -2.35. The van der Waals surface area contributed by atoms with Crippen molar-refractivity contribution in [2.75, 3.05) is 32.7 Å². The number of fused-ring (bicyclic) bond motifs is 1. The number of aromatic nitrogens is 2. The summed E-state index contributed by atoms with van der Waals surface area (Å²) < 4.78 is 7.42. The largest absolute Gasteiger partial charge is 0.444 e. The summed E-state index contributed by atoms with van der Waals surface area (Å²) in [6, 6.07) is 5.49. The van der Waals surface area contributed by atoms with Gasteiger partial charge in [-0.15, -0.1) is 0 Å². The number of hydrogen-bond donors (Lipinski definition) is 1. The Morgan fingerprint density at radius 1 is 1.10 bits per heavy atom. The predicted molar refractivity (Wildman–Crippen MR) is 116 cm³/mol. The second-order valence-corrected chi connectivity index (χ2v) is 8.92. The Kier molecular flexibility index (Phi) is 6.65. The first-order valence-electron chi connectivity index (χ1n) is 10.6. The molecule has 1 aromatic carbocycles. The normalized spacial score (nSPS) is 15.5. The minimum absolute atomic E-state index is 0.224. The fraction of sp³-hybridized carbons (Fsp3) is 0.591. The Bertz CT molecular complexity index is 907. The van der Waals surface area contributed by atoms with Crippen molar-refractivity contribution >= 4 is 22.9 Å². The number of unbranched alkanes of at least 4 members (excludes halogenated alkanes) is 1. The molecule has 3 rings (SSSR count). The SMILES string of the molecule is Cc1nn(CCCCN2CCN(C(=O)OC(C)(C)C)CC2)c2cc(C(N)=O)ccc12. The lowest BCUT2D eigenvalue weighted by molar-refractivity contribution is 0.0144. The second-order valence-electron chi connectivity index (χ2n) is 8.92. The summed E-state index contributed by atoms with van der Waals surface area (Å²) in [4.78, 5) is 27.8. The lowest BCUT2D eigenvalue weighted by atomic mass is 10.1. The van der Waals surface area contributed by atoms with Gasteiger partial charge in [-0.2, -0.15) is 5.10 Å². The van der Waals surface area contributed by atoms with E-state index in [2.05, 4.69) is 10.00 Å². The van der Waals surface area contributed by atoms with Crippen molar-refractivity contribution in [3.05, 3.63) is 29.5 Å². The van der Waals surface area contributed by atoms with Gasteiger partial charge in [0.1, 0.15) is 5.60 Å². The van der Waals surface area contributed by atoms with E-state index in [1.807, 2.05) is 44.5 Å². The van der Waals surface area contributed by atoms with Gasteiger partial charge in [0.05, 0.1) is 11.2 Å². The molecule has 0 bridgehead atoms. The molecular weight excluding hydrogens is 382 g/mol. The highest BCUT2D eigenvalue weighted by molar-refractivity contribution is 5.97. The third-order valence-electron chi connectivity index (χ3n) is 5.34. The molecule has 164 valence electrons. The summed E-state index contributed by atoms with van der Waals surface area (Å²) in [6.07, 6.45) is 1.81. The average Bonchev–Trinajstić information content (AvgIpc) is 2.99. The summed E-state index contributed by atoms with van der Waals surface area (Å²) in [5.74, 6) is -0.423. The van der Waals surface area contributed by atoms with Crippen LogP contribution < -0.4 is 5.73 Å². The van der Waals surface area contributed by atoms with E-state index in [1.54, 1.807) is 11.0 Å². The first kappa shape index (κ1) is 22.1. The Hall–Kier alpha value is -2.61. The molecule has 2 N–H and O–H groups in total. The summed E-state index contributed by atoms with van der Waals surface area (Å²) in [5, 5.41) is 5.68. The van der Waals surface area contributed by atoms with Crippen molar-refractivity contribution in [2.45, 2.75) is 52.7 Å². The molecule has 2 amide bonds. The van der Waals surface area contributed by atoms with E-state index in [1.165, 1.54) is 0 Å². The molecule has 2 aromatic rings. The van der Waals surface area contributed by atoms with Crippen LogP contribution in [-0.4, -0.2) is 69.9 Å². The molecule has 8 nitrogen and oxygen atoms in total. The van der Waals surface area contributed by atoms with Gasteiger partial charge < -0.3 is 15.4 Å². The van der Waals surface area contributed by atoms with Crippen molar-refractivity contribution in [3.63, 3.8) is 0 Å². The third-order valence-corrected chi connectivity index (χ3v) is 5.34. The van der Waals surface area contributed by atoms with Gasteiger partial charge in [0.15, 0.2) is 0 Å². The van der Waals surface area contributed by atoms with Crippen molar-refractivity contribution in [1.82, 2.24) is 19.6 Å². The van der Waals surface area contributed by atoms with Gasteiger partial charge in [0.25, 0.3) is 0 Å². The average molecular weight is 416 g/mol. The number of benzene rings is 1. The minimum atomic E-state index is -0.457. The third kappa shape index (κ3) is 5.50. The van der Waals surface area contributed by atoms with Crippen LogP contribution in [0.2, 0.25) is 0 Å². The van der Waals surface area contributed by atoms with E-state index in [0.29, 0.717) is 18.7 Å². The number of carbonyl (C=O) groups excluding carboxylic acids is 2. The van der Waals surface area contributed by atoms with Crippen molar-refractivity contribution in [1.29, 1.82) is 0 Å². The number of aryl methyl sites for hydroxylation is 2. The number of ether oxygens (including phenoxy) is 1. The summed E-state index contributed by atoms with van der Waals surface area (Å²) in [6.45, 7) is 12.6. The Balaban J connectivity index is 1.45. The number of nitrogens with two attached hydrogens (primary N) is 1. The number of rotatable bonds is 6. The fourth-order valence-electron chi connectivity index (χ4n) is 3.74. The van der Waals surface area contributed by atoms with Crippen LogP contribution >= 0.6 is 0 Å². The molecule has 0 aliphatic carbocycles. The topological polar surface area (TPSA) is 93.7 Å². The van der Waals surface area contributed by atoms with Crippen LogP contribution in [0.3, 0.4) is 0 Å². The Morgan fingerprint density at radius 3 is 2.40 bits per heavy atom. The van der Waals surface area contributed by atoms with E-state index in [-0.39, 0.29) is 6.09 Å². The quantitative estimate of drug-likeness (QED) is 0.732. The molecule has 0 spiro atoms. The van der Waals surface area contributed by atoms with E-state index >= 15 is 0 Å². The maximum absolute atomic E-state index is 12.2. The number of piperazine rings is 1. The lowest BCUT2D eigenvalue weighted by Crippen LogP contribution is -2.50. The molecule has 0 radical (unpaired) electrons. The van der Waals surface area contributed by atoms with Gasteiger partial charge in [-0.1, -0.05) is 6.07 Å². The van der Waals surface area contributed by atoms with Crippen molar-refractivity contribution in [3.8, 4) is 0 Å². The Labute approximate surface area is 177 Å². The van der Waals surface area contributed by atoms with E-state index in [4.69, 9.17) is 10.5 Å². The zero-order chi connectivity index (χ0) is 21.9. The van der Waals surface area contributed by atoms with Gasteiger partial charge in [-0.05, 0) is 59.2 Å². The van der Waals surface area contributed by atoms with Gasteiger partial charge in [-0.25, -0.2) is 4.79 Å². The monoisotopic (exact) mass is 415 g/mol. The zero-order valence-corrected chi connectivity index (χ0v) is 18.5. The standard InChI is InChI=1S/C22H33N5O3/c1-16-18-8-7-17(20(23)28)15-19(18)27(24-16)10-6-5-9-25-11-13-26(14-12-25)21(29)30-22(2,3)4/h7-8,15H,5-6,9-14H2,1-4H3,(H2,23,28). The van der Waals surface area contributed by atoms with Crippen LogP contribution in [0.1, 0.15) is 49.7 Å². The summed E-state index contributed by atoms with van der Waals surface area (Å²) in [5.41, 5.74) is 7.38. The zero-order valence-electron chi connectivity index (χ0n) is 18.5. The van der Waals surface area contributed by atoms with E-state index in [9.17, 15) is 9.59 Å². The fourth-order valence-corrected chi connectivity index (χ4v) is 3.74. The number of primary amides is 1. The second kappa shape index (κ2) is 9.04. The highest BCUT2D eigenvalue weighted by Gasteiger charge is 2.25. The van der Waals surface area contributed by atoms with Gasteiger partial charge >= 0.3 is 6.09 Å². The van der Waals surface area contributed by atoms with Crippen LogP contribution in [0.25, 0.3) is 10.9 Å². The molecule has 1 saturated heterocycles. The summed E-state index contributed by atoms with van der Waals surface area (Å²) in [7, 11) is 0. The number of amides is 2. The van der Waals surface area contributed by atoms with Crippen LogP contribution in [-0.2, 0) is 11.3 Å². The molecule has 1 aliphatic rings. The first-order valence-corrected chi connectivity index (χ1v) is 10.6. The summed E-state index contributed by atoms with van der Waals surface area (Å²) >= 11 is 0. The molecule has 0 atom stereocenters. The smallest absolute Gasteiger partial charge is 0.410 e. The van der Waals surface area contributed by atoms with Crippen LogP contribution in [0.4, 0.5) is 4.79 Å². The highest BCUT2D eigenvalue weighted by Crippen LogP contribution is 2.20. The molecule has 1 aliphatic heterocycles. The minimum Gasteiger partial charge on any atom is -0.444 e. The van der Waals surface area contributed by atoms with E-state index < -0.39 is 11.5 Å². The molecule has 0 saturated carbocycles. The van der Waals surface area contributed by atoms with Crippen molar-refractivity contribution < 1.29 is 14.3 Å². The predicted octanol–water partition coefficient (Wildman–Crippen LogP) is 2.78. The molecule has 2 heterocycles. The maximum atomic E-state index is 12.2. The molecule has 1 aromatic heterocycles. The molecular formula is C22H33N5O3. The maximum Gasteiger partial charge on any atom is 0.410 e. The van der Waals surface area contributed by atoms with Gasteiger partial charge in [-0.3, -0.25) is 14.4 Å². The molecule has 0 unspecified atom stereocenters. The van der Waals surface area contributed by atoms with Gasteiger partial charge in [0, 0.05) is 43.7 Å². The van der Waals surface area contributed by atoms with Crippen LogP contribution in [0, 0.1) is 6.92 Å². The van der Waals surface area contributed by atoms with Crippen LogP contribution in [0.5, 0.6) is 0 Å². The number of nitrogens with zero attached hydrogens (tertiary/aromatic N) is 4. The van der Waals surface area contributed by atoms with Crippen LogP contribution in [0.15, 0.2) is 18.2 Å². The highest BCUT2D eigenvalue weighted by atomic mass is 16.6. The van der Waals surface area contributed by atoms with E-state index in [0.717, 1.165) is 55.6 Å². The molecule has 8 heteroatoms. The number of hydrogen-bond acceptors (Lipinski definition) is 5. The Morgan fingerprint density at radius 2 is 1.77 bits per heavy atom.